The van der Waals surface area contributed by atoms with Gasteiger partial charge >= 0.3 is 133 Å². The summed E-state index contributed by atoms with van der Waals surface area (Å²) < 4.78 is 42.2. The summed E-state index contributed by atoms with van der Waals surface area (Å²) in [5.74, 6) is -1.12. The Morgan fingerprint density at radius 2 is 1.80 bits per heavy atom. The van der Waals surface area contributed by atoms with Crippen LogP contribution in [0.15, 0.2) is 24.8 Å². The Bertz CT molecular complexity index is 658. The van der Waals surface area contributed by atoms with Gasteiger partial charge in [0.05, 0.1) is 0 Å². The molecule has 0 aliphatic carbocycles. The summed E-state index contributed by atoms with van der Waals surface area (Å²) in [6, 6.07) is 0.282. The molecule has 0 amide bonds. The van der Waals surface area contributed by atoms with Crippen molar-refractivity contribution in [2.45, 2.75) is 26.1 Å². The van der Waals surface area contributed by atoms with Crippen molar-refractivity contribution in [3.05, 3.63) is 34.2 Å². The van der Waals surface area contributed by atoms with E-state index in [9.17, 15) is 13.2 Å². The van der Waals surface area contributed by atoms with Crippen molar-refractivity contribution in [2.24, 2.45) is 0 Å². The van der Waals surface area contributed by atoms with Gasteiger partial charge in [-0.3, -0.25) is 0 Å². The first-order chi connectivity index (χ1) is 9.34. The van der Waals surface area contributed by atoms with E-state index in [4.69, 9.17) is 0 Å². The number of rotatable bonds is 2. The quantitative estimate of drug-likeness (QED) is 0.476. The van der Waals surface area contributed by atoms with Crippen molar-refractivity contribution in [1.82, 2.24) is 19.1 Å². The second kappa shape index (κ2) is 6.12. The fourth-order valence-electron chi connectivity index (χ4n) is 1.57. The van der Waals surface area contributed by atoms with Crippen LogP contribution in [-0.4, -0.2) is 19.1 Å². The molecule has 0 atom stereocenters. The van der Waals surface area contributed by atoms with E-state index >= 15 is 0 Å². The minimum atomic E-state index is -4.51. The first kappa shape index (κ1) is 15.9. The van der Waals surface area contributed by atoms with E-state index in [1.807, 2.05) is 30.8 Å². The fourth-order valence-corrected chi connectivity index (χ4v) is 4.57. The molecule has 4 nitrogen and oxygen atoms in total. The van der Waals surface area contributed by atoms with Gasteiger partial charge in [0.1, 0.15) is 0 Å². The van der Waals surface area contributed by atoms with Crippen LogP contribution < -0.4 is 0 Å². The van der Waals surface area contributed by atoms with Crippen LogP contribution in [-0.2, 0) is 21.6 Å². The van der Waals surface area contributed by atoms with Gasteiger partial charge in [-0.15, -0.1) is 0 Å². The number of hydrogen-bond donors (Lipinski definition) is 0. The molecule has 9 heteroatoms. The van der Waals surface area contributed by atoms with Gasteiger partial charge in [0.25, 0.3) is 0 Å². The topological polar surface area (TPSA) is 35.6 Å². The summed E-state index contributed by atoms with van der Waals surface area (Å²) in [4.78, 5) is 6.78. The molecule has 0 saturated carbocycles. The molecule has 0 N–H and O–H groups in total. The molecule has 0 radical (unpaired) electrons. The molecule has 0 aliphatic heterocycles. The molecule has 0 aromatic carbocycles. The molecule has 2 aromatic rings. The molecule has 2 heterocycles. The predicted molar refractivity (Wildman–Crippen MR) is 72.0 cm³/mol. The van der Waals surface area contributed by atoms with Gasteiger partial charge in [0, 0.05) is 0 Å². The van der Waals surface area contributed by atoms with E-state index in [2.05, 4.69) is 33.6 Å². The van der Waals surface area contributed by atoms with E-state index in [-0.39, 0.29) is 6.04 Å². The standard InChI is InChI=1S/C11H11F3N4.Ag.HI/c1-8(2)17-3-4-18(7-17)9-5-15-10(16-6-9)11(12,13)14;;/h3-6,8H,1-2H3;;1H/q;+1;/p-1. The first-order valence-electron chi connectivity index (χ1n) is 5.56. The molecule has 0 unspecified atom stereocenters. The summed E-state index contributed by atoms with van der Waals surface area (Å²) in [5.41, 5.74) is 0.525. The molecule has 0 saturated heterocycles. The van der Waals surface area contributed by atoms with Crippen LogP contribution in [0.3, 0.4) is 0 Å². The third-order valence-corrected chi connectivity index (χ3v) is 5.24. The third kappa shape index (κ3) is 3.23. The fraction of sp³-hybridized carbons (Fsp3) is 0.364. The number of imidazole rings is 1. The Kier molecular flexibility index (Phi) is 4.88. The van der Waals surface area contributed by atoms with Crippen LogP contribution in [0.4, 0.5) is 13.2 Å². The van der Waals surface area contributed by atoms with Crippen molar-refractivity contribution in [2.75, 3.05) is 0 Å². The van der Waals surface area contributed by atoms with Crippen molar-refractivity contribution in [1.29, 1.82) is 0 Å². The Morgan fingerprint density at radius 1 is 1.20 bits per heavy atom. The summed E-state index contributed by atoms with van der Waals surface area (Å²) in [6.45, 7) is 4.10. The zero-order chi connectivity index (χ0) is 14.9. The zero-order valence-electron chi connectivity index (χ0n) is 10.5. The predicted octanol–water partition coefficient (Wildman–Crippen LogP) is 3.63. The van der Waals surface area contributed by atoms with Crippen molar-refractivity contribution in [3.8, 4) is 5.69 Å². The summed E-state index contributed by atoms with van der Waals surface area (Å²) in [5, 5.41) is 0. The van der Waals surface area contributed by atoms with E-state index in [1.165, 1.54) is 12.4 Å². The second-order valence-corrected chi connectivity index (χ2v) is 7.09. The van der Waals surface area contributed by atoms with Crippen molar-refractivity contribution >= 4 is 19.0 Å². The Morgan fingerprint density at radius 3 is 2.25 bits per heavy atom. The molecular formula is C11H11AgF3IN4. The maximum absolute atomic E-state index is 12.4. The van der Waals surface area contributed by atoms with Crippen LogP contribution >= 0.6 is 19.0 Å². The maximum atomic E-state index is 12.4. The van der Waals surface area contributed by atoms with Crippen LogP contribution in [0.25, 0.3) is 5.69 Å². The van der Waals surface area contributed by atoms with Gasteiger partial charge in [-0.2, -0.15) is 0 Å². The van der Waals surface area contributed by atoms with Gasteiger partial charge in [0.15, 0.2) is 0 Å². The molecular weight excluding hydrogens is 480 g/mol. The summed E-state index contributed by atoms with van der Waals surface area (Å²) in [7, 11) is 0. The Balaban J connectivity index is 2.48. The number of aromatic nitrogens is 4. The molecule has 0 spiro atoms. The molecule has 114 valence electrons. The van der Waals surface area contributed by atoms with E-state index in [1.54, 1.807) is 0 Å². The van der Waals surface area contributed by atoms with Crippen molar-refractivity contribution in [3.63, 3.8) is 0 Å². The van der Waals surface area contributed by atoms with Crippen LogP contribution in [0.1, 0.15) is 25.7 Å². The second-order valence-electron chi connectivity index (χ2n) is 4.22. The normalized spacial score (nSPS) is 14.1. The monoisotopic (exact) mass is 490 g/mol. The number of hydrogen-bond acceptors (Lipinski definition) is 2. The van der Waals surface area contributed by atoms with Gasteiger partial charge < -0.3 is 0 Å². The van der Waals surface area contributed by atoms with E-state index in [0.29, 0.717) is 21.2 Å². The summed E-state index contributed by atoms with van der Waals surface area (Å²) in [6.07, 6.45) is 1.60. The van der Waals surface area contributed by atoms with E-state index < -0.39 is 12.0 Å². The van der Waals surface area contributed by atoms with Gasteiger partial charge in [-0.1, -0.05) is 0 Å². The number of alkyl halides is 3. The molecule has 0 bridgehead atoms. The van der Waals surface area contributed by atoms with Crippen LogP contribution in [0, 0.1) is 3.63 Å². The van der Waals surface area contributed by atoms with Gasteiger partial charge in [-0.25, -0.2) is 0 Å². The van der Waals surface area contributed by atoms with E-state index in [0.717, 1.165) is 3.63 Å². The zero-order valence-corrected chi connectivity index (χ0v) is 14.1. The summed E-state index contributed by atoms with van der Waals surface area (Å²) >= 11 is 2.70. The first-order valence-corrected chi connectivity index (χ1v) is 10.7. The van der Waals surface area contributed by atoms with Gasteiger partial charge in [0.2, 0.25) is 0 Å². The average molecular weight is 491 g/mol. The molecule has 2 rings (SSSR count). The SMILES string of the molecule is CC(C)n1ccn(-c2cnc(C(F)(F)F)nc2)[c]1=[Ag][I]. The number of nitrogens with zero attached hydrogens (tertiary/aromatic N) is 4. The average Bonchev–Trinajstić information content (AvgIpc) is 2.81. The van der Waals surface area contributed by atoms with Crippen LogP contribution in [0.5, 0.6) is 0 Å². The third-order valence-electron chi connectivity index (χ3n) is 2.53. The molecule has 20 heavy (non-hydrogen) atoms. The molecule has 2 aromatic heterocycles. The number of halogens is 4. The van der Waals surface area contributed by atoms with Crippen molar-refractivity contribution < 1.29 is 28.6 Å². The molecule has 0 fully saturated rings. The molecule has 0 aliphatic rings. The van der Waals surface area contributed by atoms with Gasteiger partial charge in [-0.05, 0) is 0 Å². The van der Waals surface area contributed by atoms with Crippen LogP contribution in [0.2, 0.25) is 0 Å². The minimum absolute atomic E-state index is 0.282. The Labute approximate surface area is 132 Å². The Hall–Kier alpha value is -0.450.